The number of ether oxygens (including phenoxy) is 12. The molecule has 514 valence electrons. The third-order valence-electron chi connectivity index (χ3n) is 13.3. The van der Waals surface area contributed by atoms with Crippen molar-refractivity contribution in [1.29, 1.82) is 0 Å². The average Bonchev–Trinajstić information content (AvgIpc) is 1.13. The number of alkyl carbamates (subject to hydrolysis) is 1. The number of nitrogens with zero attached hydrogens (tertiary/aromatic N) is 3. The highest BCUT2D eigenvalue weighted by atomic mass is 16.6. The summed E-state index contributed by atoms with van der Waals surface area (Å²) in [5.41, 5.74) is -6.63. The van der Waals surface area contributed by atoms with Crippen LogP contribution in [0.5, 0.6) is 0 Å². The molecule has 0 spiro atoms. The van der Waals surface area contributed by atoms with Crippen molar-refractivity contribution in [3.63, 3.8) is 0 Å². The molecule has 0 unspecified atom stereocenters. The molecule has 0 saturated heterocycles. The minimum absolute atomic E-state index is 0.0477. The highest BCUT2D eigenvalue weighted by Crippen LogP contribution is 2.25. The molecule has 1 N–H and O–H groups in total. The standard InChI is InChI=1S/C64H88N4O25/c1-10-49(69)84-39-62(40-85-50(70)11-2,41-86-51(71)12-3)37-82-35-29-23-21-27-33-67-59(79)66(32-26-20-19-25-31-65-58(78)93-48-64(45-90-55(75)16-7,46-91-56(76)17-8)47-92-57(77)18-9)60(80)68(61(67)81)34-28-22-24-30-36-83-38-63(42-87-52(72)13-4,43-88-53(73)14-5)44-89-54(74)15-6/h10-18H,1-9,19-48H2,(H,65,78). The maximum atomic E-state index is 14.0. The first kappa shape index (κ1) is 81.5. The van der Waals surface area contributed by atoms with Crippen LogP contribution in [-0.4, -0.2) is 173 Å². The summed E-state index contributed by atoms with van der Waals surface area (Å²) < 4.78 is 67.1. The fourth-order valence-electron chi connectivity index (χ4n) is 8.00. The van der Waals surface area contributed by atoms with E-state index in [0.717, 1.165) is 68.4 Å². The van der Waals surface area contributed by atoms with Gasteiger partial charge in [0.05, 0.1) is 24.0 Å². The van der Waals surface area contributed by atoms with Gasteiger partial charge < -0.3 is 62.2 Å². The number of hydrogen-bond donors (Lipinski definition) is 1. The van der Waals surface area contributed by atoms with E-state index < -0.39 is 120 Å². The van der Waals surface area contributed by atoms with Gasteiger partial charge in [-0.1, -0.05) is 97.7 Å². The SMILES string of the molecule is C=CC(=O)OCC(COCCCCCCn1c(=O)n(CCCCCCNC(=O)OCC(COC(=O)C=C)(COC(=O)C=C)COC(=O)C=C)c(=O)n(CCCCCCOCC(COC(=O)C=C)(COC(=O)C=C)COC(=O)C=C)c1=O)(COC(=O)C=C)COC(=O)C=C. The topological polar surface area (TPSA) is 359 Å². The summed E-state index contributed by atoms with van der Waals surface area (Å²) in [4.78, 5) is 163. The van der Waals surface area contributed by atoms with Gasteiger partial charge in [-0.05, 0) is 38.5 Å². The molecule has 1 aromatic heterocycles. The van der Waals surface area contributed by atoms with Gasteiger partial charge in [0.25, 0.3) is 0 Å². The van der Waals surface area contributed by atoms with Crippen molar-refractivity contribution in [2.45, 2.75) is 96.7 Å². The van der Waals surface area contributed by atoms with Gasteiger partial charge in [0.1, 0.15) is 71.5 Å². The summed E-state index contributed by atoms with van der Waals surface area (Å²) in [7, 11) is 0. The minimum atomic E-state index is -1.55. The van der Waals surface area contributed by atoms with Crippen LogP contribution < -0.4 is 22.4 Å². The Kier molecular flexibility index (Phi) is 40.8. The Morgan fingerprint density at radius 3 is 0.731 bits per heavy atom. The van der Waals surface area contributed by atoms with E-state index in [-0.39, 0.29) is 92.2 Å². The quantitative estimate of drug-likeness (QED) is 0.0414. The molecule has 0 fully saturated rings. The molecule has 1 amide bonds. The lowest BCUT2D eigenvalue weighted by Crippen LogP contribution is -2.54. The Hall–Kier alpha value is -9.51. The molecule has 29 heteroatoms. The van der Waals surface area contributed by atoms with Crippen LogP contribution in [0, 0.1) is 16.2 Å². The number of aromatic nitrogens is 3. The van der Waals surface area contributed by atoms with E-state index in [9.17, 15) is 62.3 Å². The summed E-state index contributed by atoms with van der Waals surface area (Å²) in [5, 5.41) is 2.58. The summed E-state index contributed by atoms with van der Waals surface area (Å²) in [6.07, 6.45) is 12.6. The summed E-state index contributed by atoms with van der Waals surface area (Å²) >= 11 is 0. The normalized spacial score (nSPS) is 11.0. The molecule has 0 aliphatic carbocycles. The lowest BCUT2D eigenvalue weighted by atomic mass is 9.92. The van der Waals surface area contributed by atoms with Crippen molar-refractivity contribution in [3.05, 3.63) is 145 Å². The van der Waals surface area contributed by atoms with Crippen LogP contribution in [0.4, 0.5) is 4.79 Å². The number of carbonyl (C=O) groups excluding carboxylic acids is 10. The molecule has 1 rings (SSSR count). The second-order valence-electron chi connectivity index (χ2n) is 21.0. The number of esters is 9. The first-order chi connectivity index (χ1) is 44.5. The Labute approximate surface area is 539 Å². The van der Waals surface area contributed by atoms with E-state index in [1.807, 2.05) is 0 Å². The lowest BCUT2D eigenvalue weighted by molar-refractivity contribution is -0.163. The second-order valence-corrected chi connectivity index (χ2v) is 21.0. The largest absolute Gasteiger partial charge is 0.462 e. The van der Waals surface area contributed by atoms with Crippen LogP contribution in [0.3, 0.4) is 0 Å². The van der Waals surface area contributed by atoms with E-state index in [4.69, 9.17) is 56.8 Å². The molecular weight excluding hydrogens is 1220 g/mol. The number of carbonyl (C=O) groups is 10. The molecule has 1 heterocycles. The smallest absolute Gasteiger partial charge is 0.407 e. The molecule has 0 saturated carbocycles. The third kappa shape index (κ3) is 33.4. The first-order valence-electron chi connectivity index (χ1n) is 29.6. The first-order valence-corrected chi connectivity index (χ1v) is 29.6. The van der Waals surface area contributed by atoms with Crippen LogP contribution in [0.25, 0.3) is 0 Å². The predicted molar refractivity (Wildman–Crippen MR) is 333 cm³/mol. The monoisotopic (exact) mass is 1310 g/mol. The Balaban J connectivity index is 3.26. The zero-order chi connectivity index (χ0) is 69.5. The molecule has 1 aromatic rings. The fourth-order valence-corrected chi connectivity index (χ4v) is 8.00. The van der Waals surface area contributed by atoms with Gasteiger partial charge in [0.2, 0.25) is 0 Å². The molecule has 93 heavy (non-hydrogen) atoms. The van der Waals surface area contributed by atoms with Crippen molar-refractivity contribution in [3.8, 4) is 0 Å². The van der Waals surface area contributed by atoms with E-state index in [0.29, 0.717) is 77.0 Å². The van der Waals surface area contributed by atoms with Crippen LogP contribution in [0.15, 0.2) is 128 Å². The zero-order valence-corrected chi connectivity index (χ0v) is 52.8. The van der Waals surface area contributed by atoms with Gasteiger partial charge in [-0.2, -0.15) is 0 Å². The lowest BCUT2D eigenvalue weighted by Gasteiger charge is -2.31. The maximum Gasteiger partial charge on any atom is 0.407 e. The van der Waals surface area contributed by atoms with E-state index in [2.05, 4.69) is 64.5 Å². The van der Waals surface area contributed by atoms with Gasteiger partial charge in [-0.3, -0.25) is 0 Å². The van der Waals surface area contributed by atoms with Gasteiger partial charge in [0.15, 0.2) is 0 Å². The van der Waals surface area contributed by atoms with E-state index in [1.54, 1.807) is 0 Å². The summed E-state index contributed by atoms with van der Waals surface area (Å²) in [5.74, 6) is -7.29. The number of unbranched alkanes of at least 4 members (excludes halogenated alkanes) is 9. The molecule has 0 aliphatic rings. The van der Waals surface area contributed by atoms with E-state index in [1.165, 1.54) is 0 Å². The maximum absolute atomic E-state index is 14.0. The molecule has 0 aromatic carbocycles. The average molecular weight is 1310 g/mol. The van der Waals surface area contributed by atoms with Crippen molar-refractivity contribution >= 4 is 59.8 Å². The molecule has 0 radical (unpaired) electrons. The molecule has 29 nitrogen and oxygen atoms in total. The van der Waals surface area contributed by atoms with Crippen molar-refractivity contribution < 1.29 is 105 Å². The van der Waals surface area contributed by atoms with Crippen LogP contribution in [-0.2, 0) is 120 Å². The molecular formula is C64H88N4O25. The van der Waals surface area contributed by atoms with Crippen molar-refractivity contribution in [1.82, 2.24) is 19.0 Å². The third-order valence-corrected chi connectivity index (χ3v) is 13.3. The fraction of sp³-hybridized carbons (Fsp3) is 0.516. The molecule has 0 aliphatic heterocycles. The minimum Gasteiger partial charge on any atom is -0.462 e. The zero-order valence-electron chi connectivity index (χ0n) is 52.8. The number of hydrogen-bond acceptors (Lipinski definition) is 25. The predicted octanol–water partition coefficient (Wildman–Crippen LogP) is 4.13. The number of nitrogens with one attached hydrogen (secondary N) is 1. The van der Waals surface area contributed by atoms with E-state index >= 15 is 0 Å². The second kappa shape index (κ2) is 46.5. The van der Waals surface area contributed by atoms with Gasteiger partial charge in [-0.15, -0.1) is 0 Å². The van der Waals surface area contributed by atoms with Gasteiger partial charge in [0, 0.05) is 94.1 Å². The van der Waals surface area contributed by atoms with Gasteiger partial charge >= 0.3 is 76.9 Å². The van der Waals surface area contributed by atoms with Crippen LogP contribution in [0.1, 0.15) is 77.0 Å². The van der Waals surface area contributed by atoms with Crippen molar-refractivity contribution in [2.75, 3.05) is 99.0 Å². The van der Waals surface area contributed by atoms with Crippen molar-refractivity contribution in [2.24, 2.45) is 16.2 Å². The summed E-state index contributed by atoms with van der Waals surface area (Å²) in [6, 6.07) is 0. The highest BCUT2D eigenvalue weighted by Gasteiger charge is 2.39. The Morgan fingerprint density at radius 1 is 0.290 bits per heavy atom. The number of rotatable bonds is 54. The van der Waals surface area contributed by atoms with Gasteiger partial charge in [-0.25, -0.2) is 76.0 Å². The summed E-state index contributed by atoms with van der Waals surface area (Å²) in [6.45, 7) is 25.7. The number of amides is 1. The van der Waals surface area contributed by atoms with Crippen LogP contribution >= 0.6 is 0 Å². The Bertz CT molecular complexity index is 2620. The molecule has 0 atom stereocenters. The molecule has 0 bridgehead atoms. The van der Waals surface area contributed by atoms with Crippen LogP contribution in [0.2, 0.25) is 0 Å². The highest BCUT2D eigenvalue weighted by molar-refractivity contribution is 5.84. The Morgan fingerprint density at radius 2 is 0.495 bits per heavy atom.